The van der Waals surface area contributed by atoms with Gasteiger partial charge in [0.2, 0.25) is 0 Å². The lowest BCUT2D eigenvalue weighted by Crippen LogP contribution is -2.48. The number of nitro benzene ring substituents is 1. The van der Waals surface area contributed by atoms with Crippen LogP contribution in [0.15, 0.2) is 48.5 Å². The molecule has 0 bridgehead atoms. The van der Waals surface area contributed by atoms with E-state index in [4.69, 9.17) is 0 Å². The number of rotatable bonds is 6. The molecule has 0 spiro atoms. The maximum Gasteiger partial charge on any atom is 0.292 e. The predicted octanol–water partition coefficient (Wildman–Crippen LogP) is 3.40. The maximum absolute atomic E-state index is 12.6. The molecule has 0 atom stereocenters. The monoisotopic (exact) mass is 382 g/mol. The highest BCUT2D eigenvalue weighted by molar-refractivity contribution is 5.94. The van der Waals surface area contributed by atoms with Crippen molar-refractivity contribution in [1.29, 1.82) is 0 Å². The van der Waals surface area contributed by atoms with Crippen LogP contribution in [0.3, 0.4) is 0 Å². The Bertz CT molecular complexity index is 829. The molecule has 0 aromatic heterocycles. The van der Waals surface area contributed by atoms with E-state index in [1.165, 1.54) is 0 Å². The number of carbonyl (C=O) groups excluding carboxylic acids is 1. The summed E-state index contributed by atoms with van der Waals surface area (Å²) in [5, 5.41) is 11.4. The van der Waals surface area contributed by atoms with E-state index in [9.17, 15) is 14.9 Å². The van der Waals surface area contributed by atoms with Crippen molar-refractivity contribution in [2.45, 2.75) is 13.8 Å². The Morgan fingerprint density at radius 2 is 1.68 bits per heavy atom. The molecule has 0 N–H and O–H groups in total. The van der Waals surface area contributed by atoms with Crippen LogP contribution in [0, 0.1) is 10.1 Å². The summed E-state index contributed by atoms with van der Waals surface area (Å²) in [7, 11) is 0. The molecule has 3 rings (SSSR count). The second-order valence-corrected chi connectivity index (χ2v) is 6.75. The first kappa shape index (κ1) is 19.7. The van der Waals surface area contributed by atoms with Gasteiger partial charge in [-0.15, -0.1) is 0 Å². The fraction of sp³-hybridized carbons (Fsp3) is 0.381. The van der Waals surface area contributed by atoms with Crippen molar-refractivity contribution >= 4 is 23.0 Å². The van der Waals surface area contributed by atoms with Crippen molar-refractivity contribution in [1.82, 2.24) is 4.90 Å². The molecule has 7 heteroatoms. The van der Waals surface area contributed by atoms with Gasteiger partial charge in [-0.05, 0) is 38.1 Å². The van der Waals surface area contributed by atoms with Gasteiger partial charge in [-0.2, -0.15) is 0 Å². The molecule has 28 heavy (non-hydrogen) atoms. The van der Waals surface area contributed by atoms with Gasteiger partial charge in [-0.1, -0.05) is 18.2 Å². The first-order valence-electron chi connectivity index (χ1n) is 9.67. The Balaban J connectivity index is 1.74. The van der Waals surface area contributed by atoms with Crippen molar-refractivity contribution in [3.8, 4) is 0 Å². The zero-order chi connectivity index (χ0) is 20.1. The number of anilines is 2. The minimum absolute atomic E-state index is 0.0489. The third-order valence-electron chi connectivity index (χ3n) is 5.21. The van der Waals surface area contributed by atoms with Crippen molar-refractivity contribution in [3.63, 3.8) is 0 Å². The molecule has 2 aromatic rings. The molecular weight excluding hydrogens is 356 g/mol. The van der Waals surface area contributed by atoms with E-state index in [0.29, 0.717) is 50.5 Å². The van der Waals surface area contributed by atoms with Gasteiger partial charge in [0.1, 0.15) is 5.69 Å². The molecular formula is C21H26N4O3. The summed E-state index contributed by atoms with van der Waals surface area (Å²) in [5.41, 5.74) is 2.44. The summed E-state index contributed by atoms with van der Waals surface area (Å²) in [6, 6.07) is 14.6. The van der Waals surface area contributed by atoms with Crippen LogP contribution in [-0.2, 0) is 0 Å². The van der Waals surface area contributed by atoms with E-state index >= 15 is 0 Å². The van der Waals surface area contributed by atoms with Crippen LogP contribution in [0.1, 0.15) is 24.2 Å². The lowest BCUT2D eigenvalue weighted by atomic mass is 10.1. The fourth-order valence-corrected chi connectivity index (χ4v) is 3.61. The number of nitro groups is 1. The zero-order valence-electron chi connectivity index (χ0n) is 16.4. The summed E-state index contributed by atoms with van der Waals surface area (Å²) in [5.74, 6) is 0.0489. The van der Waals surface area contributed by atoms with Crippen LogP contribution in [0.2, 0.25) is 0 Å². The van der Waals surface area contributed by atoms with Gasteiger partial charge in [-0.3, -0.25) is 14.9 Å². The Hall–Kier alpha value is -3.09. The fourth-order valence-electron chi connectivity index (χ4n) is 3.61. The molecule has 0 radical (unpaired) electrons. The van der Waals surface area contributed by atoms with Crippen molar-refractivity contribution in [2.24, 2.45) is 0 Å². The normalized spacial score (nSPS) is 14.1. The topological polar surface area (TPSA) is 69.9 Å². The molecule has 2 aromatic carbocycles. The van der Waals surface area contributed by atoms with Crippen LogP contribution >= 0.6 is 0 Å². The van der Waals surface area contributed by atoms with Gasteiger partial charge in [-0.25, -0.2) is 0 Å². The number of piperazine rings is 1. The summed E-state index contributed by atoms with van der Waals surface area (Å²) in [6.07, 6.45) is 0. The molecule has 1 aliphatic rings. The summed E-state index contributed by atoms with van der Waals surface area (Å²) < 4.78 is 0. The quantitative estimate of drug-likeness (QED) is 0.566. The van der Waals surface area contributed by atoms with E-state index in [0.717, 1.165) is 5.69 Å². The second-order valence-electron chi connectivity index (χ2n) is 6.75. The van der Waals surface area contributed by atoms with E-state index in [2.05, 4.69) is 4.90 Å². The Labute approximate surface area is 165 Å². The average molecular weight is 382 g/mol. The minimum atomic E-state index is -0.325. The van der Waals surface area contributed by atoms with Crippen LogP contribution in [0.5, 0.6) is 0 Å². The van der Waals surface area contributed by atoms with E-state index in [1.807, 2.05) is 60.0 Å². The molecule has 1 heterocycles. The number of nitrogens with zero attached hydrogens (tertiary/aromatic N) is 4. The molecule has 1 aliphatic heterocycles. The first-order chi connectivity index (χ1) is 13.5. The summed E-state index contributed by atoms with van der Waals surface area (Å²) in [4.78, 5) is 29.7. The highest BCUT2D eigenvalue weighted by Crippen LogP contribution is 2.33. The van der Waals surface area contributed by atoms with Gasteiger partial charge in [0.15, 0.2) is 0 Å². The first-order valence-corrected chi connectivity index (χ1v) is 9.67. The van der Waals surface area contributed by atoms with Crippen LogP contribution in [0.4, 0.5) is 17.1 Å². The largest absolute Gasteiger partial charge is 0.368 e. The molecule has 7 nitrogen and oxygen atoms in total. The van der Waals surface area contributed by atoms with Gasteiger partial charge >= 0.3 is 0 Å². The van der Waals surface area contributed by atoms with E-state index in [-0.39, 0.29) is 16.5 Å². The maximum atomic E-state index is 12.6. The molecule has 1 saturated heterocycles. The second kappa shape index (κ2) is 8.73. The molecule has 0 aliphatic carbocycles. The Morgan fingerprint density at radius 3 is 2.25 bits per heavy atom. The van der Waals surface area contributed by atoms with Crippen LogP contribution in [0.25, 0.3) is 0 Å². The molecule has 1 amide bonds. The summed E-state index contributed by atoms with van der Waals surface area (Å²) in [6.45, 7) is 8.07. The van der Waals surface area contributed by atoms with Gasteiger partial charge in [0.05, 0.1) is 4.92 Å². The highest BCUT2D eigenvalue weighted by Gasteiger charge is 2.24. The molecule has 0 unspecified atom stereocenters. The molecule has 148 valence electrons. The van der Waals surface area contributed by atoms with Crippen LogP contribution in [-0.4, -0.2) is 55.0 Å². The third-order valence-corrected chi connectivity index (χ3v) is 5.21. The van der Waals surface area contributed by atoms with E-state index in [1.54, 1.807) is 12.1 Å². The van der Waals surface area contributed by atoms with Crippen molar-refractivity contribution in [2.75, 3.05) is 49.1 Å². The predicted molar refractivity (Wildman–Crippen MR) is 111 cm³/mol. The average Bonchev–Trinajstić information content (AvgIpc) is 2.74. The van der Waals surface area contributed by atoms with Crippen LogP contribution < -0.4 is 9.80 Å². The van der Waals surface area contributed by atoms with E-state index < -0.39 is 0 Å². The lowest BCUT2D eigenvalue weighted by Gasteiger charge is -2.36. The number of carbonyl (C=O) groups is 1. The zero-order valence-corrected chi connectivity index (χ0v) is 16.4. The Morgan fingerprint density at radius 1 is 1.04 bits per heavy atom. The van der Waals surface area contributed by atoms with Gasteiger partial charge < -0.3 is 14.7 Å². The third kappa shape index (κ3) is 4.08. The number of hydrogen-bond donors (Lipinski definition) is 0. The number of hydrogen-bond acceptors (Lipinski definition) is 5. The highest BCUT2D eigenvalue weighted by atomic mass is 16.6. The van der Waals surface area contributed by atoms with Gasteiger partial charge in [0, 0.05) is 56.6 Å². The summed E-state index contributed by atoms with van der Waals surface area (Å²) >= 11 is 0. The van der Waals surface area contributed by atoms with Gasteiger partial charge in [0.25, 0.3) is 11.6 Å². The molecule has 1 fully saturated rings. The van der Waals surface area contributed by atoms with Crippen molar-refractivity contribution < 1.29 is 9.72 Å². The standard InChI is InChI=1S/C21H26N4O3/c1-3-22(4-2)20-16-18(10-11-19(20)25(27)28)23-12-14-24(15-13-23)21(26)17-8-6-5-7-9-17/h5-11,16H,3-4,12-15H2,1-2H3. The number of benzene rings is 2. The van der Waals surface area contributed by atoms with Crippen molar-refractivity contribution in [3.05, 3.63) is 64.2 Å². The lowest BCUT2D eigenvalue weighted by molar-refractivity contribution is -0.384. The molecule has 0 saturated carbocycles. The number of amides is 1. The SMILES string of the molecule is CCN(CC)c1cc(N2CCN(C(=O)c3ccccc3)CC2)ccc1[N+](=O)[O-]. The Kier molecular flexibility index (Phi) is 6.13. The minimum Gasteiger partial charge on any atom is -0.368 e. The smallest absolute Gasteiger partial charge is 0.292 e.